The van der Waals surface area contributed by atoms with Crippen LogP contribution in [0.15, 0.2) is 127 Å². The molecule has 0 spiro atoms. The number of hydrogen-bond acceptors (Lipinski definition) is 5. The van der Waals surface area contributed by atoms with Crippen LogP contribution >= 0.6 is 0 Å². The second kappa shape index (κ2) is 10.2. The first kappa shape index (κ1) is 26.7. The van der Waals surface area contributed by atoms with Gasteiger partial charge < -0.3 is 20.8 Å². The van der Waals surface area contributed by atoms with E-state index in [0.717, 1.165) is 54.5 Å². The summed E-state index contributed by atoms with van der Waals surface area (Å²) in [6.07, 6.45) is 2.26. The van der Waals surface area contributed by atoms with Crippen molar-refractivity contribution in [2.75, 3.05) is 15.7 Å². The fourth-order valence-electron chi connectivity index (χ4n) is 7.53. The molecule has 5 nitrogen and oxygen atoms in total. The molecule has 6 aromatic carbocycles. The number of anilines is 3. The Balaban J connectivity index is 1.24. The van der Waals surface area contributed by atoms with E-state index in [9.17, 15) is 9.90 Å². The van der Waals surface area contributed by atoms with E-state index in [0.29, 0.717) is 16.7 Å². The molecule has 0 radical (unpaired) electrons. The molecule has 7 heteroatoms. The van der Waals surface area contributed by atoms with Gasteiger partial charge in [0.05, 0.1) is 11.1 Å². The van der Waals surface area contributed by atoms with Crippen molar-refractivity contribution < 1.29 is 9.90 Å². The van der Waals surface area contributed by atoms with Gasteiger partial charge in [-0.1, -0.05) is 128 Å². The van der Waals surface area contributed by atoms with Crippen LogP contribution in [0.1, 0.15) is 12.5 Å². The average Bonchev–Trinajstić information content (AvgIpc) is 3.25. The summed E-state index contributed by atoms with van der Waals surface area (Å²) >= 11 is 0. The molecule has 0 aromatic heterocycles. The molecular weight excluding hydrogens is 564 g/mol. The van der Waals surface area contributed by atoms with Crippen LogP contribution in [0.25, 0.3) is 38.8 Å². The van der Waals surface area contributed by atoms with Gasteiger partial charge in [0.15, 0.2) is 0 Å². The second-order valence-electron chi connectivity index (χ2n) is 12.4. The zero-order valence-electron chi connectivity index (χ0n) is 25.2. The molecule has 0 saturated carbocycles. The lowest BCUT2D eigenvalue weighted by Gasteiger charge is -2.31. The number of Topliss-reactive ketones (excluding diaryl/α,β-unsaturated/α-hetero) is 1. The van der Waals surface area contributed by atoms with E-state index in [4.69, 9.17) is 0 Å². The molecule has 0 amide bonds. The van der Waals surface area contributed by atoms with Gasteiger partial charge in [-0.15, -0.1) is 0 Å². The summed E-state index contributed by atoms with van der Waals surface area (Å²) in [5.74, 6) is 0.0178. The summed E-state index contributed by atoms with van der Waals surface area (Å²) in [5.41, 5.74) is 6.59. The van der Waals surface area contributed by atoms with Crippen molar-refractivity contribution in [3.05, 3.63) is 143 Å². The predicted octanol–water partition coefficient (Wildman–Crippen LogP) is 5.42. The third-order valence-electron chi connectivity index (χ3n) is 9.74. The van der Waals surface area contributed by atoms with E-state index in [1.165, 1.54) is 5.46 Å². The van der Waals surface area contributed by atoms with Gasteiger partial charge in [0, 0.05) is 33.4 Å². The normalized spacial score (nSPS) is 17.9. The fraction of sp³-hybridized carbons (Fsp3) is 0.0513. The summed E-state index contributed by atoms with van der Waals surface area (Å²) in [7, 11) is 0. The second-order valence-corrected chi connectivity index (χ2v) is 12.4. The minimum atomic E-state index is -0.185. The lowest BCUT2D eigenvalue weighted by atomic mass is 9.47. The van der Waals surface area contributed by atoms with Gasteiger partial charge >= 0.3 is 6.98 Å². The topological polar surface area (TPSA) is 73.4 Å². The molecule has 46 heavy (non-hydrogen) atoms. The lowest BCUT2D eigenvalue weighted by Crippen LogP contribution is -2.48. The van der Waals surface area contributed by atoms with Gasteiger partial charge in [-0.3, -0.25) is 4.79 Å². The lowest BCUT2D eigenvalue weighted by molar-refractivity contribution is -0.109. The monoisotopic (exact) mass is 593 g/mol. The summed E-state index contributed by atoms with van der Waals surface area (Å²) in [5, 5.41) is 28.8. The van der Waals surface area contributed by atoms with Gasteiger partial charge in [-0.25, -0.2) is 0 Å². The summed E-state index contributed by atoms with van der Waals surface area (Å²) in [6.45, 7) is 2.08. The van der Waals surface area contributed by atoms with E-state index < -0.39 is 0 Å². The van der Waals surface area contributed by atoms with Gasteiger partial charge in [-0.2, -0.15) is 0 Å². The molecular formula is C39H29B2N3O2. The molecule has 4 N–H and O–H groups in total. The molecule has 218 valence electrons. The van der Waals surface area contributed by atoms with Crippen LogP contribution in [-0.4, -0.2) is 24.7 Å². The Morgan fingerprint density at radius 3 is 2.00 bits per heavy atom. The van der Waals surface area contributed by atoms with Crippen molar-refractivity contribution in [1.82, 2.24) is 0 Å². The molecule has 0 bridgehead atoms. The van der Waals surface area contributed by atoms with Crippen LogP contribution in [0.4, 0.5) is 17.1 Å². The van der Waals surface area contributed by atoms with Crippen molar-refractivity contribution in [2.24, 2.45) is 0 Å². The number of aliphatic hydroxyl groups is 1. The largest absolute Gasteiger partial charge is 0.506 e. The first-order valence-corrected chi connectivity index (χ1v) is 15.8. The van der Waals surface area contributed by atoms with Crippen molar-refractivity contribution in [1.29, 1.82) is 0 Å². The Hall–Kier alpha value is -5.68. The first-order chi connectivity index (χ1) is 22.6. The number of aliphatic hydroxyl groups excluding tert-OH is 1. The molecule has 2 heterocycles. The Morgan fingerprint density at radius 1 is 0.630 bits per heavy atom. The Morgan fingerprint density at radius 2 is 1.28 bits per heavy atom. The smallest absolute Gasteiger partial charge is 0.406 e. The molecule has 0 fully saturated rings. The quantitative estimate of drug-likeness (QED) is 0.206. The Labute approximate surface area is 267 Å². The molecule has 6 aromatic rings. The number of hydrogen-bond donors (Lipinski definition) is 4. The van der Waals surface area contributed by atoms with Gasteiger partial charge in [0.1, 0.15) is 5.76 Å². The van der Waals surface area contributed by atoms with Crippen LogP contribution in [0.3, 0.4) is 0 Å². The number of carbonyl (C=O) groups excluding carboxylic acids is 1. The fourth-order valence-corrected chi connectivity index (χ4v) is 7.53. The number of benzene rings is 6. The molecule has 3 aliphatic rings. The van der Waals surface area contributed by atoms with Crippen LogP contribution in [0.5, 0.6) is 0 Å². The Bertz CT molecular complexity index is 2410. The van der Waals surface area contributed by atoms with E-state index >= 15 is 0 Å². The zero-order chi connectivity index (χ0) is 30.9. The molecule has 1 atom stereocenters. The maximum absolute atomic E-state index is 14.3. The summed E-state index contributed by atoms with van der Waals surface area (Å²) < 4.78 is 0. The summed E-state index contributed by atoms with van der Waals surface area (Å²) in [4.78, 5) is 14.3. The highest BCUT2D eigenvalue weighted by Gasteiger charge is 2.39. The standard InChI is InChI=1S/C39H29B2N3O2/c1-23-22-30-28(20-18-24-10-8-16-31(33(24)30)42-40(23)26-12-4-2-5-13-26)35-38(45)36(39(35)46)29-21-19-25-11-9-17-32-34(25)37(29)44-41(43-32)27-14-6-3-7-15-27/h2-23,42-45H,1H3/b35-28-. The van der Waals surface area contributed by atoms with Crippen LogP contribution in [-0.2, 0) is 4.79 Å². The highest BCUT2D eigenvalue weighted by Crippen LogP contribution is 2.45. The summed E-state index contributed by atoms with van der Waals surface area (Å²) in [6, 6.07) is 41.1. The highest BCUT2D eigenvalue weighted by molar-refractivity contribution is 6.80. The number of ketones is 1. The maximum atomic E-state index is 14.3. The maximum Gasteiger partial charge on any atom is 0.406 e. The van der Waals surface area contributed by atoms with Crippen molar-refractivity contribution in [3.63, 3.8) is 0 Å². The van der Waals surface area contributed by atoms with Crippen molar-refractivity contribution in [2.45, 2.75) is 12.7 Å². The van der Waals surface area contributed by atoms with Crippen molar-refractivity contribution >= 4 is 86.4 Å². The predicted molar refractivity (Wildman–Crippen MR) is 194 cm³/mol. The molecule has 2 aliphatic heterocycles. The molecule has 0 saturated heterocycles. The number of carbonyl (C=O) groups is 1. The number of allylic oxidation sites excluding steroid dienone is 2. The first-order valence-electron chi connectivity index (χ1n) is 15.8. The van der Waals surface area contributed by atoms with E-state index in [2.05, 4.69) is 101 Å². The minimum absolute atomic E-state index is 0.0422. The minimum Gasteiger partial charge on any atom is -0.506 e. The molecule has 9 rings (SSSR count). The van der Waals surface area contributed by atoms with Crippen LogP contribution in [0, 0.1) is 0 Å². The number of rotatable bonds is 3. The zero-order valence-corrected chi connectivity index (χ0v) is 25.2. The van der Waals surface area contributed by atoms with Gasteiger partial charge in [0.25, 0.3) is 6.85 Å². The van der Waals surface area contributed by atoms with Gasteiger partial charge in [-0.05, 0) is 44.6 Å². The highest BCUT2D eigenvalue weighted by atomic mass is 16.3. The van der Waals surface area contributed by atoms with Crippen LogP contribution < -0.4 is 37.0 Å². The molecule has 1 unspecified atom stereocenters. The van der Waals surface area contributed by atoms with E-state index in [1.807, 2.05) is 48.5 Å². The third-order valence-corrected chi connectivity index (χ3v) is 9.74. The van der Waals surface area contributed by atoms with E-state index in [-0.39, 0.29) is 31.2 Å². The van der Waals surface area contributed by atoms with Crippen molar-refractivity contribution in [3.8, 4) is 0 Å². The average molecular weight is 593 g/mol. The SMILES string of the molecule is CC1C=c2/c(=C3\C(=O)C(c4ccc5cccc6c5c4NB(c4ccccc4)N6)=C3O)ccc3cccc(c23)NB1c1ccccc1. The Kier molecular flexibility index (Phi) is 5.91. The third kappa shape index (κ3) is 3.94. The molecule has 1 aliphatic carbocycles. The number of nitrogens with one attached hydrogen (secondary N) is 3. The van der Waals surface area contributed by atoms with E-state index in [1.54, 1.807) is 0 Å². The van der Waals surface area contributed by atoms with Crippen LogP contribution in [0.2, 0.25) is 5.82 Å². The van der Waals surface area contributed by atoms with Gasteiger partial charge in [0.2, 0.25) is 5.78 Å².